The van der Waals surface area contributed by atoms with E-state index in [4.69, 9.17) is 23.8 Å². The molecule has 3 rings (SSSR count). The van der Waals surface area contributed by atoms with Crippen LogP contribution < -0.4 is 0 Å². The number of nitrogens with zero attached hydrogens (tertiary/aromatic N) is 4. The molecule has 0 unspecified atom stereocenters. The SMILES string of the molecule is CN1CCN(Cc2n[nH]c(=S)n2-c2ccccc2Cl)CC1. The van der Waals surface area contributed by atoms with E-state index in [1.807, 2.05) is 28.8 Å². The number of halogens is 1. The lowest BCUT2D eigenvalue weighted by Gasteiger charge is -2.31. The van der Waals surface area contributed by atoms with Gasteiger partial charge in [0.1, 0.15) is 5.82 Å². The smallest absolute Gasteiger partial charge is 0.199 e. The predicted octanol–water partition coefficient (Wildman–Crippen LogP) is 2.33. The van der Waals surface area contributed by atoms with Crippen LogP contribution in [0.15, 0.2) is 24.3 Å². The van der Waals surface area contributed by atoms with E-state index in [1.165, 1.54) is 0 Å². The van der Waals surface area contributed by atoms with Gasteiger partial charge in [-0.3, -0.25) is 14.6 Å². The summed E-state index contributed by atoms with van der Waals surface area (Å²) in [4.78, 5) is 4.72. The Morgan fingerprint density at radius 1 is 1.24 bits per heavy atom. The molecule has 1 fully saturated rings. The first-order chi connectivity index (χ1) is 10.1. The molecule has 2 heterocycles. The molecule has 1 aromatic carbocycles. The molecule has 0 atom stereocenters. The van der Waals surface area contributed by atoms with E-state index in [0.717, 1.165) is 44.2 Å². The zero-order chi connectivity index (χ0) is 14.8. The maximum absolute atomic E-state index is 6.29. The molecule has 1 saturated heterocycles. The zero-order valence-corrected chi connectivity index (χ0v) is 13.5. The van der Waals surface area contributed by atoms with E-state index in [0.29, 0.717) is 9.79 Å². The maximum atomic E-state index is 6.29. The van der Waals surface area contributed by atoms with Crippen LogP contribution in [-0.4, -0.2) is 57.8 Å². The minimum absolute atomic E-state index is 0.576. The lowest BCUT2D eigenvalue weighted by molar-refractivity contribution is 0.145. The topological polar surface area (TPSA) is 40.1 Å². The van der Waals surface area contributed by atoms with Crippen LogP contribution in [-0.2, 0) is 6.54 Å². The summed E-state index contributed by atoms with van der Waals surface area (Å²) in [7, 11) is 2.15. The van der Waals surface area contributed by atoms with Gasteiger partial charge in [-0.2, -0.15) is 5.10 Å². The molecule has 112 valence electrons. The lowest BCUT2D eigenvalue weighted by Crippen LogP contribution is -2.44. The van der Waals surface area contributed by atoms with Crippen molar-refractivity contribution < 1.29 is 0 Å². The fourth-order valence-corrected chi connectivity index (χ4v) is 2.99. The molecule has 0 amide bonds. The molecule has 0 saturated carbocycles. The van der Waals surface area contributed by atoms with Crippen LogP contribution in [0.4, 0.5) is 0 Å². The summed E-state index contributed by atoms with van der Waals surface area (Å²) in [5.74, 6) is 0.901. The van der Waals surface area contributed by atoms with E-state index in [-0.39, 0.29) is 0 Å². The highest BCUT2D eigenvalue weighted by molar-refractivity contribution is 7.71. The first-order valence-corrected chi connectivity index (χ1v) is 7.76. The number of hydrogen-bond acceptors (Lipinski definition) is 4. The first-order valence-electron chi connectivity index (χ1n) is 6.97. The molecule has 1 aliphatic rings. The van der Waals surface area contributed by atoms with Gasteiger partial charge in [0.15, 0.2) is 4.77 Å². The Balaban J connectivity index is 1.88. The number of aromatic nitrogens is 3. The number of rotatable bonds is 3. The van der Waals surface area contributed by atoms with Crippen LogP contribution in [0, 0.1) is 4.77 Å². The molecule has 0 spiro atoms. The number of likely N-dealkylation sites (N-methyl/N-ethyl adjacent to an activating group) is 1. The van der Waals surface area contributed by atoms with Gasteiger partial charge >= 0.3 is 0 Å². The van der Waals surface area contributed by atoms with Gasteiger partial charge in [-0.25, -0.2) is 0 Å². The summed E-state index contributed by atoms with van der Waals surface area (Å²) in [6.45, 7) is 5.01. The highest BCUT2D eigenvalue weighted by Gasteiger charge is 2.18. The number of piperazine rings is 1. The van der Waals surface area contributed by atoms with Crippen LogP contribution in [0.5, 0.6) is 0 Å². The van der Waals surface area contributed by atoms with Crippen molar-refractivity contribution in [2.24, 2.45) is 0 Å². The van der Waals surface area contributed by atoms with E-state index >= 15 is 0 Å². The number of H-pyrrole nitrogens is 1. The minimum Gasteiger partial charge on any atom is -0.304 e. The summed E-state index contributed by atoms with van der Waals surface area (Å²) in [6.07, 6.45) is 0. The van der Waals surface area contributed by atoms with Crippen molar-refractivity contribution in [2.75, 3.05) is 33.2 Å². The standard InChI is InChI=1S/C14H18ClN5S/c1-18-6-8-19(9-7-18)10-13-16-17-14(21)20(13)12-5-3-2-4-11(12)15/h2-5H,6-10H2,1H3,(H,17,21). The zero-order valence-electron chi connectivity index (χ0n) is 11.9. The lowest BCUT2D eigenvalue weighted by atomic mass is 10.3. The van der Waals surface area contributed by atoms with Crippen LogP contribution >= 0.6 is 23.8 Å². The monoisotopic (exact) mass is 323 g/mol. The molecular formula is C14H18ClN5S. The van der Waals surface area contributed by atoms with Crippen molar-refractivity contribution in [1.29, 1.82) is 0 Å². The van der Waals surface area contributed by atoms with E-state index in [2.05, 4.69) is 27.0 Å². The van der Waals surface area contributed by atoms with E-state index in [1.54, 1.807) is 0 Å². The van der Waals surface area contributed by atoms with E-state index in [9.17, 15) is 0 Å². The molecular weight excluding hydrogens is 306 g/mol. The van der Waals surface area contributed by atoms with Gasteiger partial charge in [0.2, 0.25) is 0 Å². The van der Waals surface area contributed by atoms with E-state index < -0.39 is 0 Å². The molecule has 1 N–H and O–H groups in total. The molecule has 7 heteroatoms. The average molecular weight is 324 g/mol. The highest BCUT2D eigenvalue weighted by Crippen LogP contribution is 2.22. The molecule has 0 aliphatic carbocycles. The fourth-order valence-electron chi connectivity index (χ4n) is 2.52. The highest BCUT2D eigenvalue weighted by atomic mass is 35.5. The summed E-state index contributed by atoms with van der Waals surface area (Å²) in [6, 6.07) is 7.69. The van der Waals surface area contributed by atoms with Crippen LogP contribution in [0.1, 0.15) is 5.82 Å². The minimum atomic E-state index is 0.576. The second kappa shape index (κ2) is 6.27. The summed E-state index contributed by atoms with van der Waals surface area (Å²) >= 11 is 11.7. The second-order valence-corrected chi connectivity index (χ2v) is 6.11. The van der Waals surface area contributed by atoms with Gasteiger partial charge < -0.3 is 4.90 Å². The molecule has 2 aromatic rings. The molecule has 1 aromatic heterocycles. The van der Waals surface area contributed by atoms with Crippen molar-refractivity contribution in [1.82, 2.24) is 24.6 Å². The number of benzene rings is 1. The van der Waals surface area contributed by atoms with Crippen molar-refractivity contribution in [3.05, 3.63) is 39.9 Å². The van der Waals surface area contributed by atoms with Gasteiger partial charge in [0.05, 0.1) is 17.3 Å². The Labute approximate surface area is 134 Å². The third-order valence-corrected chi connectivity index (χ3v) is 4.39. The predicted molar refractivity (Wildman–Crippen MR) is 86.5 cm³/mol. The maximum Gasteiger partial charge on any atom is 0.199 e. The molecule has 0 bridgehead atoms. The summed E-state index contributed by atoms with van der Waals surface area (Å²) < 4.78 is 2.50. The van der Waals surface area contributed by atoms with Gasteiger partial charge in [-0.05, 0) is 31.4 Å². The third kappa shape index (κ3) is 3.18. The Morgan fingerprint density at radius 2 is 1.95 bits per heavy atom. The summed E-state index contributed by atoms with van der Waals surface area (Å²) in [5, 5.41) is 7.94. The number of hydrogen-bond donors (Lipinski definition) is 1. The van der Waals surface area contributed by atoms with Crippen LogP contribution in [0.2, 0.25) is 5.02 Å². The third-order valence-electron chi connectivity index (χ3n) is 3.80. The number of para-hydroxylation sites is 1. The molecule has 0 radical (unpaired) electrons. The van der Waals surface area contributed by atoms with Gasteiger partial charge in [-0.15, -0.1) is 0 Å². The molecule has 5 nitrogen and oxygen atoms in total. The first kappa shape index (κ1) is 14.7. The Hall–Kier alpha value is -1.21. The Kier molecular flexibility index (Phi) is 4.40. The fraction of sp³-hybridized carbons (Fsp3) is 0.429. The second-order valence-electron chi connectivity index (χ2n) is 5.31. The van der Waals surface area contributed by atoms with Crippen molar-refractivity contribution in [3.8, 4) is 5.69 Å². The van der Waals surface area contributed by atoms with Crippen LogP contribution in [0.25, 0.3) is 5.69 Å². The Morgan fingerprint density at radius 3 is 2.67 bits per heavy atom. The number of nitrogens with one attached hydrogen (secondary N) is 1. The van der Waals surface area contributed by atoms with Crippen LogP contribution in [0.3, 0.4) is 0 Å². The van der Waals surface area contributed by atoms with Crippen molar-refractivity contribution in [3.63, 3.8) is 0 Å². The van der Waals surface area contributed by atoms with Gasteiger partial charge in [0.25, 0.3) is 0 Å². The summed E-state index contributed by atoms with van der Waals surface area (Å²) in [5.41, 5.74) is 0.877. The van der Waals surface area contributed by atoms with Crippen molar-refractivity contribution >= 4 is 23.8 Å². The molecule has 21 heavy (non-hydrogen) atoms. The molecule has 1 aliphatic heterocycles. The number of aromatic amines is 1. The van der Waals surface area contributed by atoms with Gasteiger partial charge in [0, 0.05) is 26.2 Å². The average Bonchev–Trinajstić information content (AvgIpc) is 2.83. The normalized spacial score (nSPS) is 17.2. The Bertz CT molecular complexity index is 672. The van der Waals surface area contributed by atoms with Gasteiger partial charge in [-0.1, -0.05) is 23.7 Å². The quantitative estimate of drug-likeness (QED) is 0.880. The van der Waals surface area contributed by atoms with Crippen molar-refractivity contribution in [2.45, 2.75) is 6.54 Å². The largest absolute Gasteiger partial charge is 0.304 e.